The van der Waals surface area contributed by atoms with E-state index < -0.39 is 0 Å². The zero-order valence-corrected chi connectivity index (χ0v) is 11.7. The van der Waals surface area contributed by atoms with E-state index in [2.05, 4.69) is 17.6 Å². The molecule has 0 saturated carbocycles. The van der Waals surface area contributed by atoms with Gasteiger partial charge >= 0.3 is 0 Å². The van der Waals surface area contributed by atoms with Gasteiger partial charge in [-0.1, -0.05) is 37.3 Å². The summed E-state index contributed by atoms with van der Waals surface area (Å²) in [7, 11) is 0. The van der Waals surface area contributed by atoms with Gasteiger partial charge in [-0.3, -0.25) is 4.79 Å². The number of benzene rings is 1. The van der Waals surface area contributed by atoms with Gasteiger partial charge in [0.25, 0.3) is 0 Å². The molecule has 1 atom stereocenters. The Labute approximate surface area is 115 Å². The molecule has 0 bridgehead atoms. The summed E-state index contributed by atoms with van der Waals surface area (Å²) in [5.41, 5.74) is 1.12. The van der Waals surface area contributed by atoms with E-state index in [1.54, 1.807) is 0 Å². The van der Waals surface area contributed by atoms with Crippen LogP contribution in [0.3, 0.4) is 0 Å². The Hall–Kier alpha value is -1.35. The third-order valence-electron chi connectivity index (χ3n) is 3.95. The standard InChI is InChI=1S/C16H24N2O/c1-2-15(14-6-4-3-5-7-14)16(19)18-12-13-8-10-17-11-9-13/h3-7,13,15,17H,2,8-12H2,1H3,(H,18,19). The molecule has 3 nitrogen and oxygen atoms in total. The van der Waals surface area contributed by atoms with E-state index in [1.165, 1.54) is 12.8 Å². The van der Waals surface area contributed by atoms with Crippen LogP contribution in [0.2, 0.25) is 0 Å². The van der Waals surface area contributed by atoms with E-state index in [1.807, 2.05) is 30.3 Å². The number of hydrogen-bond donors (Lipinski definition) is 2. The van der Waals surface area contributed by atoms with Crippen molar-refractivity contribution in [2.45, 2.75) is 32.1 Å². The van der Waals surface area contributed by atoms with Crippen LogP contribution in [0.25, 0.3) is 0 Å². The summed E-state index contributed by atoms with van der Waals surface area (Å²) in [4.78, 5) is 12.3. The monoisotopic (exact) mass is 260 g/mol. The van der Waals surface area contributed by atoms with Crippen LogP contribution in [-0.2, 0) is 4.79 Å². The Bertz CT molecular complexity index is 385. The van der Waals surface area contributed by atoms with Crippen molar-refractivity contribution in [2.75, 3.05) is 19.6 Å². The highest BCUT2D eigenvalue weighted by molar-refractivity contribution is 5.83. The highest BCUT2D eigenvalue weighted by Gasteiger charge is 2.20. The fourth-order valence-electron chi connectivity index (χ4n) is 2.71. The smallest absolute Gasteiger partial charge is 0.227 e. The van der Waals surface area contributed by atoms with Gasteiger partial charge in [0, 0.05) is 6.54 Å². The van der Waals surface area contributed by atoms with E-state index in [-0.39, 0.29) is 11.8 Å². The topological polar surface area (TPSA) is 41.1 Å². The normalized spacial score (nSPS) is 17.9. The van der Waals surface area contributed by atoms with Crippen LogP contribution >= 0.6 is 0 Å². The maximum absolute atomic E-state index is 12.3. The number of amides is 1. The van der Waals surface area contributed by atoms with Gasteiger partial charge in [-0.15, -0.1) is 0 Å². The number of carbonyl (C=O) groups excluding carboxylic acids is 1. The Morgan fingerprint density at radius 2 is 2.00 bits per heavy atom. The van der Waals surface area contributed by atoms with Crippen LogP contribution in [-0.4, -0.2) is 25.5 Å². The molecule has 1 heterocycles. The number of piperidine rings is 1. The molecule has 1 unspecified atom stereocenters. The van der Waals surface area contributed by atoms with Crippen molar-refractivity contribution in [3.63, 3.8) is 0 Å². The van der Waals surface area contributed by atoms with Gasteiger partial charge in [-0.05, 0) is 43.8 Å². The van der Waals surface area contributed by atoms with Crippen molar-refractivity contribution in [1.29, 1.82) is 0 Å². The van der Waals surface area contributed by atoms with Crippen LogP contribution in [0, 0.1) is 5.92 Å². The number of nitrogens with one attached hydrogen (secondary N) is 2. The van der Waals surface area contributed by atoms with Crippen LogP contribution in [0.4, 0.5) is 0 Å². The summed E-state index contributed by atoms with van der Waals surface area (Å²) in [6.07, 6.45) is 3.19. The van der Waals surface area contributed by atoms with Gasteiger partial charge in [0.05, 0.1) is 5.92 Å². The zero-order valence-electron chi connectivity index (χ0n) is 11.7. The lowest BCUT2D eigenvalue weighted by Gasteiger charge is -2.24. The van der Waals surface area contributed by atoms with E-state index in [9.17, 15) is 4.79 Å². The maximum atomic E-state index is 12.3. The summed E-state index contributed by atoms with van der Waals surface area (Å²) in [5, 5.41) is 6.48. The molecular weight excluding hydrogens is 236 g/mol. The molecule has 1 fully saturated rings. The predicted octanol–water partition coefficient (Wildman–Crippen LogP) is 2.30. The molecule has 0 radical (unpaired) electrons. The second-order valence-corrected chi connectivity index (χ2v) is 5.31. The fraction of sp³-hybridized carbons (Fsp3) is 0.562. The number of rotatable bonds is 5. The second-order valence-electron chi connectivity index (χ2n) is 5.31. The summed E-state index contributed by atoms with van der Waals surface area (Å²) in [5.74, 6) is 0.800. The molecule has 1 saturated heterocycles. The van der Waals surface area contributed by atoms with Crippen molar-refractivity contribution in [1.82, 2.24) is 10.6 Å². The quantitative estimate of drug-likeness (QED) is 0.853. The lowest BCUT2D eigenvalue weighted by atomic mass is 9.94. The maximum Gasteiger partial charge on any atom is 0.227 e. The van der Waals surface area contributed by atoms with Crippen molar-refractivity contribution in [2.24, 2.45) is 5.92 Å². The first kappa shape index (κ1) is 14.1. The first-order valence-electron chi connectivity index (χ1n) is 7.34. The molecule has 0 aliphatic carbocycles. The molecule has 1 aromatic carbocycles. The molecule has 104 valence electrons. The lowest BCUT2D eigenvalue weighted by Crippen LogP contribution is -2.37. The van der Waals surface area contributed by atoms with Gasteiger partial charge in [-0.2, -0.15) is 0 Å². The largest absolute Gasteiger partial charge is 0.355 e. The first-order chi connectivity index (χ1) is 9.31. The van der Waals surface area contributed by atoms with Gasteiger partial charge in [-0.25, -0.2) is 0 Å². The molecule has 3 heteroatoms. The Morgan fingerprint density at radius 3 is 2.63 bits per heavy atom. The van der Waals surface area contributed by atoms with E-state index >= 15 is 0 Å². The molecule has 1 aliphatic rings. The van der Waals surface area contributed by atoms with Crippen molar-refractivity contribution < 1.29 is 4.79 Å². The van der Waals surface area contributed by atoms with Crippen LogP contribution < -0.4 is 10.6 Å². The van der Waals surface area contributed by atoms with Crippen molar-refractivity contribution >= 4 is 5.91 Å². The molecule has 1 aromatic rings. The summed E-state index contributed by atoms with van der Waals surface area (Å²) < 4.78 is 0. The third-order valence-corrected chi connectivity index (χ3v) is 3.95. The van der Waals surface area contributed by atoms with Gasteiger partial charge < -0.3 is 10.6 Å². The average Bonchev–Trinajstić information content (AvgIpc) is 2.48. The molecule has 1 aliphatic heterocycles. The molecule has 0 spiro atoms. The fourth-order valence-corrected chi connectivity index (χ4v) is 2.71. The summed E-state index contributed by atoms with van der Waals surface area (Å²) in [6, 6.07) is 10.1. The first-order valence-corrected chi connectivity index (χ1v) is 7.34. The van der Waals surface area contributed by atoms with Crippen LogP contribution in [0.1, 0.15) is 37.7 Å². The Kier molecular flexibility index (Phi) is 5.40. The SMILES string of the molecule is CCC(C(=O)NCC1CCNCC1)c1ccccc1. The van der Waals surface area contributed by atoms with E-state index in [0.29, 0.717) is 5.92 Å². The Morgan fingerprint density at radius 1 is 1.32 bits per heavy atom. The van der Waals surface area contributed by atoms with Gasteiger partial charge in [0.1, 0.15) is 0 Å². The lowest BCUT2D eigenvalue weighted by molar-refractivity contribution is -0.122. The summed E-state index contributed by atoms with van der Waals surface area (Å²) >= 11 is 0. The van der Waals surface area contributed by atoms with Crippen LogP contribution in [0.5, 0.6) is 0 Å². The van der Waals surface area contributed by atoms with Crippen molar-refractivity contribution in [3.8, 4) is 0 Å². The number of hydrogen-bond acceptors (Lipinski definition) is 2. The molecule has 0 aromatic heterocycles. The third kappa shape index (κ3) is 4.06. The Balaban J connectivity index is 1.86. The molecule has 2 N–H and O–H groups in total. The molecular formula is C16H24N2O. The molecule has 2 rings (SSSR count). The van der Waals surface area contributed by atoms with E-state index in [4.69, 9.17) is 0 Å². The average molecular weight is 260 g/mol. The zero-order chi connectivity index (χ0) is 13.5. The van der Waals surface area contributed by atoms with Crippen molar-refractivity contribution in [3.05, 3.63) is 35.9 Å². The predicted molar refractivity (Wildman–Crippen MR) is 78.1 cm³/mol. The minimum Gasteiger partial charge on any atom is -0.355 e. The molecule has 19 heavy (non-hydrogen) atoms. The van der Waals surface area contributed by atoms with Crippen LogP contribution in [0.15, 0.2) is 30.3 Å². The highest BCUT2D eigenvalue weighted by Crippen LogP contribution is 2.19. The summed E-state index contributed by atoms with van der Waals surface area (Å²) in [6.45, 7) is 5.05. The minimum absolute atomic E-state index is 0.0112. The number of carbonyl (C=O) groups is 1. The van der Waals surface area contributed by atoms with E-state index in [0.717, 1.165) is 31.6 Å². The van der Waals surface area contributed by atoms with Gasteiger partial charge in [0.2, 0.25) is 5.91 Å². The van der Waals surface area contributed by atoms with Gasteiger partial charge in [0.15, 0.2) is 0 Å². The minimum atomic E-state index is -0.0112. The molecule has 1 amide bonds. The second kappa shape index (κ2) is 7.29. The highest BCUT2D eigenvalue weighted by atomic mass is 16.1.